The van der Waals surface area contributed by atoms with Crippen LogP contribution in [-0.4, -0.2) is 18.9 Å². The van der Waals surface area contributed by atoms with Crippen LogP contribution in [0.4, 0.5) is 0 Å². The Morgan fingerprint density at radius 3 is 2.39 bits per heavy atom. The zero-order chi connectivity index (χ0) is 18.1. The fraction of sp³-hybridized carbons (Fsp3) is 0.700. The molecule has 0 rings (SSSR count). The summed E-state index contributed by atoms with van der Waals surface area (Å²) in [6, 6.07) is 0. The Labute approximate surface area is 154 Å². The lowest BCUT2D eigenvalue weighted by atomic mass is 9.78. The molecule has 0 radical (unpaired) electrons. The van der Waals surface area contributed by atoms with Crippen molar-refractivity contribution < 1.29 is 4.43 Å². The molecule has 0 fully saturated rings. The summed E-state index contributed by atoms with van der Waals surface area (Å²) in [4.78, 5) is 0.906. The molecule has 1 unspecified atom stereocenters. The molecule has 0 aromatic carbocycles. The molecule has 0 N–H and O–H groups in total. The van der Waals surface area contributed by atoms with Crippen molar-refractivity contribution in [3.8, 4) is 11.8 Å². The summed E-state index contributed by atoms with van der Waals surface area (Å²) in [6.45, 7) is 21.3. The van der Waals surface area contributed by atoms with Crippen molar-refractivity contribution in [2.45, 2.75) is 78.5 Å². The summed E-state index contributed by atoms with van der Waals surface area (Å²) in [7, 11) is -1.82. The highest BCUT2D eigenvalue weighted by Crippen LogP contribution is 2.37. The molecule has 0 aliphatic rings. The summed E-state index contributed by atoms with van der Waals surface area (Å²) < 4.78 is 6.71. The van der Waals surface area contributed by atoms with Gasteiger partial charge >= 0.3 is 0 Å². The van der Waals surface area contributed by atoms with Gasteiger partial charge in [0.1, 0.15) is 5.60 Å². The van der Waals surface area contributed by atoms with E-state index in [2.05, 4.69) is 81.7 Å². The highest BCUT2D eigenvalue weighted by molar-refractivity contribution is 9.09. The second kappa shape index (κ2) is 9.86. The molecule has 0 saturated carbocycles. The molecule has 0 bridgehead atoms. The molecule has 0 aromatic heterocycles. The predicted molar refractivity (Wildman–Crippen MR) is 110 cm³/mol. The van der Waals surface area contributed by atoms with Crippen molar-refractivity contribution in [2.75, 3.05) is 4.95 Å². The molecule has 3 heteroatoms. The third-order valence-electron chi connectivity index (χ3n) is 3.65. The molecule has 1 atom stereocenters. The second-order valence-electron chi connectivity index (χ2n) is 7.90. The smallest absolute Gasteiger partial charge is 0.199 e. The van der Waals surface area contributed by atoms with Gasteiger partial charge in [-0.15, -0.1) is 12.5 Å². The van der Waals surface area contributed by atoms with E-state index in [1.54, 1.807) is 0 Å². The Balaban J connectivity index is 5.73. The maximum atomic E-state index is 6.71. The SMILES string of the molecule is C=CC(C)(C)CC(C#CCCCC)(CC(=C)C)O[Si](C)(C)CBr. The van der Waals surface area contributed by atoms with E-state index in [0.29, 0.717) is 0 Å². The van der Waals surface area contributed by atoms with Gasteiger partial charge in [-0.1, -0.05) is 67.3 Å². The number of hydrogen-bond acceptors (Lipinski definition) is 1. The molecule has 0 aromatic rings. The monoisotopic (exact) mass is 398 g/mol. The molecule has 1 nitrogen and oxygen atoms in total. The van der Waals surface area contributed by atoms with Gasteiger partial charge in [0.2, 0.25) is 0 Å². The van der Waals surface area contributed by atoms with Crippen LogP contribution in [0.3, 0.4) is 0 Å². The highest BCUT2D eigenvalue weighted by atomic mass is 79.9. The lowest BCUT2D eigenvalue weighted by molar-refractivity contribution is 0.0818. The van der Waals surface area contributed by atoms with Crippen LogP contribution in [0.5, 0.6) is 0 Å². The van der Waals surface area contributed by atoms with E-state index in [4.69, 9.17) is 4.43 Å². The third kappa shape index (κ3) is 9.54. The van der Waals surface area contributed by atoms with Crippen molar-refractivity contribution >= 4 is 24.2 Å². The standard InChI is InChI=1S/C20H35BrOSi/c1-9-11-12-13-14-20(15-18(3)4,16-19(5,6)10-2)22-23(7,8)17-21/h10H,2-3,9,11-12,15-17H2,1,4-8H3. The van der Waals surface area contributed by atoms with Crippen molar-refractivity contribution in [2.24, 2.45) is 5.41 Å². The van der Waals surface area contributed by atoms with Crippen LogP contribution in [0.2, 0.25) is 13.1 Å². The van der Waals surface area contributed by atoms with Crippen LogP contribution in [0.15, 0.2) is 24.8 Å². The fourth-order valence-corrected chi connectivity index (χ4v) is 4.24. The number of allylic oxidation sites excluding steroid dienone is 1. The molecular formula is C20H35BrOSi. The topological polar surface area (TPSA) is 9.23 Å². The minimum atomic E-state index is -1.82. The van der Waals surface area contributed by atoms with E-state index in [1.165, 1.54) is 6.42 Å². The molecule has 0 spiro atoms. The molecular weight excluding hydrogens is 364 g/mol. The summed E-state index contributed by atoms with van der Waals surface area (Å²) >= 11 is 3.63. The normalized spacial score (nSPS) is 14.6. The number of halogens is 1. The first-order valence-electron chi connectivity index (χ1n) is 8.55. The van der Waals surface area contributed by atoms with Crippen LogP contribution >= 0.6 is 15.9 Å². The van der Waals surface area contributed by atoms with Crippen molar-refractivity contribution in [1.82, 2.24) is 0 Å². The van der Waals surface area contributed by atoms with Gasteiger partial charge in [0.05, 0.1) is 0 Å². The summed E-state index contributed by atoms with van der Waals surface area (Å²) in [5.41, 5.74) is 0.640. The molecule has 23 heavy (non-hydrogen) atoms. The molecule has 0 saturated heterocycles. The number of hydrogen-bond donors (Lipinski definition) is 0. The maximum absolute atomic E-state index is 6.71. The highest BCUT2D eigenvalue weighted by Gasteiger charge is 2.40. The van der Waals surface area contributed by atoms with E-state index < -0.39 is 13.9 Å². The van der Waals surface area contributed by atoms with Crippen molar-refractivity contribution in [3.63, 3.8) is 0 Å². The van der Waals surface area contributed by atoms with Crippen LogP contribution in [0.1, 0.15) is 59.8 Å². The summed E-state index contributed by atoms with van der Waals surface area (Å²) in [6.07, 6.45) is 6.89. The van der Waals surface area contributed by atoms with E-state index in [9.17, 15) is 0 Å². The second-order valence-corrected chi connectivity index (χ2v) is 13.6. The Morgan fingerprint density at radius 2 is 1.96 bits per heavy atom. The lowest BCUT2D eigenvalue weighted by Crippen LogP contribution is -2.47. The van der Waals surface area contributed by atoms with E-state index in [1.807, 2.05) is 6.08 Å². The predicted octanol–water partition coefficient (Wildman–Crippen LogP) is 6.64. The Morgan fingerprint density at radius 1 is 1.35 bits per heavy atom. The number of alkyl halides is 1. The van der Waals surface area contributed by atoms with E-state index >= 15 is 0 Å². The van der Waals surface area contributed by atoms with Gasteiger partial charge in [-0.2, -0.15) is 0 Å². The Bertz CT molecular complexity index is 456. The molecule has 132 valence electrons. The van der Waals surface area contributed by atoms with Crippen LogP contribution in [0.25, 0.3) is 0 Å². The molecule has 0 aliphatic carbocycles. The number of unbranched alkanes of at least 4 members (excludes halogenated alkanes) is 2. The first-order chi connectivity index (χ1) is 10.5. The van der Waals surface area contributed by atoms with Gasteiger partial charge in [0.25, 0.3) is 0 Å². The van der Waals surface area contributed by atoms with E-state index in [0.717, 1.165) is 36.2 Å². The maximum Gasteiger partial charge on any atom is 0.199 e. The zero-order valence-electron chi connectivity index (χ0n) is 16.0. The summed E-state index contributed by atoms with van der Waals surface area (Å²) in [5.74, 6) is 6.90. The minimum Gasteiger partial charge on any atom is -0.400 e. The van der Waals surface area contributed by atoms with Crippen LogP contribution < -0.4 is 0 Å². The van der Waals surface area contributed by atoms with Gasteiger partial charge in [-0.05, 0) is 38.3 Å². The Hall–Kier alpha value is -0.303. The van der Waals surface area contributed by atoms with Gasteiger partial charge < -0.3 is 4.43 Å². The lowest BCUT2D eigenvalue weighted by Gasteiger charge is -2.40. The third-order valence-corrected chi connectivity index (χ3v) is 9.28. The van der Waals surface area contributed by atoms with Gasteiger partial charge in [0.15, 0.2) is 8.32 Å². The van der Waals surface area contributed by atoms with Gasteiger partial charge in [-0.25, -0.2) is 0 Å². The van der Waals surface area contributed by atoms with Crippen LogP contribution in [-0.2, 0) is 4.43 Å². The number of rotatable bonds is 10. The first-order valence-corrected chi connectivity index (χ1v) is 12.8. The van der Waals surface area contributed by atoms with Crippen molar-refractivity contribution in [1.29, 1.82) is 0 Å². The fourth-order valence-electron chi connectivity index (χ4n) is 2.59. The van der Waals surface area contributed by atoms with Gasteiger partial charge in [-0.3, -0.25) is 0 Å². The average molecular weight is 399 g/mol. The average Bonchev–Trinajstić information content (AvgIpc) is 2.42. The molecule has 0 amide bonds. The van der Waals surface area contributed by atoms with E-state index in [-0.39, 0.29) is 5.41 Å². The Kier molecular flexibility index (Phi) is 9.73. The largest absolute Gasteiger partial charge is 0.400 e. The van der Waals surface area contributed by atoms with Crippen LogP contribution in [0, 0.1) is 17.3 Å². The first kappa shape index (κ1) is 22.7. The molecule has 0 aliphatic heterocycles. The minimum absolute atomic E-state index is 0.0221. The van der Waals surface area contributed by atoms with Gasteiger partial charge in [0, 0.05) is 17.8 Å². The summed E-state index contributed by atoms with van der Waals surface area (Å²) in [5, 5.41) is 0. The van der Waals surface area contributed by atoms with Crippen molar-refractivity contribution in [3.05, 3.63) is 24.8 Å². The molecule has 0 heterocycles. The zero-order valence-corrected chi connectivity index (χ0v) is 18.6. The quantitative estimate of drug-likeness (QED) is 0.131.